The van der Waals surface area contributed by atoms with Crippen molar-refractivity contribution >= 4 is 12.0 Å². The molecule has 2 saturated carbocycles. The van der Waals surface area contributed by atoms with Crippen LogP contribution < -0.4 is 5.32 Å². The van der Waals surface area contributed by atoms with Gasteiger partial charge in [-0.25, -0.2) is 0 Å². The minimum atomic E-state index is -0.698. The van der Waals surface area contributed by atoms with Gasteiger partial charge in [-0.2, -0.15) is 0 Å². The van der Waals surface area contributed by atoms with Crippen LogP contribution >= 0.6 is 0 Å². The Labute approximate surface area is 169 Å². The molecule has 28 heavy (non-hydrogen) atoms. The van der Waals surface area contributed by atoms with Gasteiger partial charge in [-0.15, -0.1) is 0 Å². The highest BCUT2D eigenvalue weighted by atomic mass is 16.4. The Morgan fingerprint density at radius 2 is 1.96 bits per heavy atom. The Morgan fingerprint density at radius 3 is 2.57 bits per heavy atom. The molecule has 1 aromatic carbocycles. The number of aliphatic carboxylic acids is 1. The third kappa shape index (κ3) is 4.04. The number of likely N-dealkylation sites (tertiary alicyclic amines) is 1. The average molecular weight is 383 g/mol. The molecule has 4 heteroatoms. The zero-order valence-electron chi connectivity index (χ0n) is 17.4. The summed E-state index contributed by atoms with van der Waals surface area (Å²) in [6, 6.07) is 12.0. The monoisotopic (exact) mass is 382 g/mol. The third-order valence-corrected chi connectivity index (χ3v) is 6.95. The van der Waals surface area contributed by atoms with Gasteiger partial charge in [0.05, 0.1) is 5.41 Å². The lowest BCUT2D eigenvalue weighted by atomic mass is 9.60. The fraction of sp³-hybridized carbons (Fsp3) is 0.625. The number of nitrogens with zero attached hydrogens (tertiary/aromatic N) is 1. The molecule has 1 spiro atoms. The molecule has 1 aromatic rings. The Hall–Kier alpha value is -1.65. The molecule has 152 valence electrons. The summed E-state index contributed by atoms with van der Waals surface area (Å²) in [7, 11) is 0. The smallest absolute Gasteiger partial charge is 0.310 e. The topological polar surface area (TPSA) is 52.6 Å². The number of carboxylic acid groups (broad SMARTS) is 1. The van der Waals surface area contributed by atoms with E-state index < -0.39 is 11.4 Å². The van der Waals surface area contributed by atoms with Crippen LogP contribution in [0.15, 0.2) is 35.9 Å². The van der Waals surface area contributed by atoms with Gasteiger partial charge in [-0.05, 0) is 56.4 Å². The highest BCUT2D eigenvalue weighted by Crippen LogP contribution is 2.50. The van der Waals surface area contributed by atoms with Crippen LogP contribution in [0.4, 0.5) is 0 Å². The molecule has 0 bridgehead atoms. The maximum Gasteiger partial charge on any atom is 0.310 e. The third-order valence-electron chi connectivity index (χ3n) is 6.95. The molecule has 1 saturated heterocycles. The van der Waals surface area contributed by atoms with E-state index in [4.69, 9.17) is 0 Å². The second-order valence-corrected chi connectivity index (χ2v) is 10.0. The maximum atomic E-state index is 11.3. The number of carbonyl (C=O) groups is 1. The predicted octanol–water partition coefficient (Wildman–Crippen LogP) is 4.03. The lowest BCUT2D eigenvalue weighted by Crippen LogP contribution is -2.67. The zero-order valence-corrected chi connectivity index (χ0v) is 17.4. The Balaban J connectivity index is 1.21. The number of hydrogen-bond acceptors (Lipinski definition) is 3. The van der Waals surface area contributed by atoms with Crippen molar-refractivity contribution in [3.63, 3.8) is 0 Å². The summed E-state index contributed by atoms with van der Waals surface area (Å²) < 4.78 is 0. The van der Waals surface area contributed by atoms with Crippen LogP contribution in [0.1, 0.15) is 52.0 Å². The van der Waals surface area contributed by atoms with Crippen molar-refractivity contribution in [3.8, 4) is 0 Å². The minimum Gasteiger partial charge on any atom is -0.481 e. The predicted molar refractivity (Wildman–Crippen MR) is 113 cm³/mol. The quantitative estimate of drug-likeness (QED) is 0.713. The molecule has 2 aliphatic carbocycles. The molecule has 0 aromatic heterocycles. The second kappa shape index (κ2) is 7.31. The maximum absolute atomic E-state index is 11.3. The first-order valence-electron chi connectivity index (χ1n) is 10.8. The van der Waals surface area contributed by atoms with Gasteiger partial charge in [0.1, 0.15) is 0 Å². The van der Waals surface area contributed by atoms with Gasteiger partial charge in [-0.1, -0.05) is 48.9 Å². The molecule has 0 radical (unpaired) electrons. The van der Waals surface area contributed by atoms with Crippen molar-refractivity contribution in [2.75, 3.05) is 19.6 Å². The van der Waals surface area contributed by atoms with Gasteiger partial charge in [0.15, 0.2) is 0 Å². The first-order valence-corrected chi connectivity index (χ1v) is 10.8. The van der Waals surface area contributed by atoms with Crippen LogP contribution in [-0.2, 0) is 4.79 Å². The summed E-state index contributed by atoms with van der Waals surface area (Å²) in [4.78, 5) is 13.6. The van der Waals surface area contributed by atoms with E-state index >= 15 is 0 Å². The van der Waals surface area contributed by atoms with Crippen molar-refractivity contribution < 1.29 is 9.90 Å². The summed E-state index contributed by atoms with van der Waals surface area (Å²) in [6.45, 7) is 8.73. The van der Waals surface area contributed by atoms with E-state index in [0.717, 1.165) is 19.5 Å². The van der Waals surface area contributed by atoms with Crippen molar-refractivity contribution in [2.24, 2.45) is 16.7 Å². The van der Waals surface area contributed by atoms with Gasteiger partial charge in [0.25, 0.3) is 0 Å². The first kappa shape index (κ1) is 19.7. The number of hydrogen-bond donors (Lipinski definition) is 2. The van der Waals surface area contributed by atoms with Crippen molar-refractivity contribution in [1.82, 2.24) is 10.2 Å². The van der Waals surface area contributed by atoms with E-state index in [1.165, 1.54) is 24.8 Å². The van der Waals surface area contributed by atoms with E-state index in [9.17, 15) is 9.90 Å². The zero-order chi connectivity index (χ0) is 19.9. The van der Waals surface area contributed by atoms with Gasteiger partial charge in [-0.3, -0.25) is 4.79 Å². The Kier molecular flexibility index (Phi) is 5.13. The van der Waals surface area contributed by atoms with Crippen LogP contribution in [0.3, 0.4) is 0 Å². The van der Waals surface area contributed by atoms with Crippen molar-refractivity contribution in [3.05, 3.63) is 41.5 Å². The standard InChI is InChI=1S/C24H34N2O2/c1-4-18(10-17-8-6-5-7-9-17)20-11-21(20)25-19-12-24(13-19)15-26(16-24)14-23(2,3)22(27)28/h5-10,19-21,25H,4,11-16H2,1-3H3,(H,27,28)/b18-10+. The fourth-order valence-corrected chi connectivity index (χ4v) is 5.33. The number of rotatable bonds is 8. The summed E-state index contributed by atoms with van der Waals surface area (Å²) in [5.74, 6) is 0.00711. The highest BCUT2D eigenvalue weighted by Gasteiger charge is 2.54. The molecule has 0 amide bonds. The van der Waals surface area contributed by atoms with Crippen LogP contribution in [0, 0.1) is 16.7 Å². The first-order chi connectivity index (χ1) is 13.3. The average Bonchev–Trinajstić information content (AvgIpc) is 3.35. The number of carboxylic acids is 1. The van der Waals surface area contributed by atoms with Gasteiger partial charge >= 0.3 is 5.97 Å². The Morgan fingerprint density at radius 1 is 1.29 bits per heavy atom. The van der Waals surface area contributed by atoms with E-state index in [1.54, 1.807) is 5.57 Å². The minimum absolute atomic E-state index is 0.462. The highest BCUT2D eigenvalue weighted by molar-refractivity contribution is 5.73. The molecule has 2 N–H and O–H groups in total. The van der Waals surface area contributed by atoms with E-state index in [1.807, 2.05) is 13.8 Å². The van der Waals surface area contributed by atoms with Gasteiger partial charge in [0, 0.05) is 31.7 Å². The molecule has 2 unspecified atom stereocenters. The van der Waals surface area contributed by atoms with Gasteiger partial charge in [0.2, 0.25) is 0 Å². The lowest BCUT2D eigenvalue weighted by molar-refractivity contribution is -0.152. The molecule has 2 atom stereocenters. The second-order valence-electron chi connectivity index (χ2n) is 10.0. The van der Waals surface area contributed by atoms with E-state index in [2.05, 4.69) is 53.5 Å². The van der Waals surface area contributed by atoms with Crippen molar-refractivity contribution in [1.29, 1.82) is 0 Å². The molecule has 1 heterocycles. The van der Waals surface area contributed by atoms with Crippen LogP contribution in [-0.4, -0.2) is 47.7 Å². The van der Waals surface area contributed by atoms with Crippen LogP contribution in [0.5, 0.6) is 0 Å². The number of benzene rings is 1. The normalized spacial score (nSPS) is 27.3. The van der Waals surface area contributed by atoms with Crippen LogP contribution in [0.25, 0.3) is 6.08 Å². The van der Waals surface area contributed by atoms with Crippen molar-refractivity contribution in [2.45, 2.75) is 58.5 Å². The summed E-state index contributed by atoms with van der Waals surface area (Å²) in [5, 5.41) is 13.2. The van der Waals surface area contributed by atoms with Crippen LogP contribution in [0.2, 0.25) is 0 Å². The SMILES string of the molecule is CC/C(=C\c1ccccc1)C1CC1NC1CC2(C1)CN(CC(C)(C)C(=O)O)C2. The number of nitrogens with one attached hydrogen (secondary N) is 1. The Bertz CT molecular complexity index is 741. The largest absolute Gasteiger partial charge is 0.481 e. The molecule has 1 aliphatic heterocycles. The molecular formula is C24H34N2O2. The summed E-state index contributed by atoms with van der Waals surface area (Å²) in [6.07, 6.45) is 7.28. The van der Waals surface area contributed by atoms with E-state index in [-0.39, 0.29) is 0 Å². The summed E-state index contributed by atoms with van der Waals surface area (Å²) in [5.41, 5.74) is 2.70. The molecule has 4 nitrogen and oxygen atoms in total. The molecule has 3 fully saturated rings. The fourth-order valence-electron chi connectivity index (χ4n) is 5.33. The molecule has 4 rings (SSSR count). The van der Waals surface area contributed by atoms with E-state index in [0.29, 0.717) is 30.0 Å². The van der Waals surface area contributed by atoms with Gasteiger partial charge < -0.3 is 15.3 Å². The molecular weight excluding hydrogens is 348 g/mol. The molecule has 3 aliphatic rings. The summed E-state index contributed by atoms with van der Waals surface area (Å²) >= 11 is 0. The lowest BCUT2D eigenvalue weighted by Gasteiger charge is -2.60.